The Morgan fingerprint density at radius 3 is 2.71 bits per heavy atom. The van der Waals surface area contributed by atoms with E-state index >= 15 is 0 Å². The molecule has 0 spiro atoms. The Morgan fingerprint density at radius 2 is 2.10 bits per heavy atom. The van der Waals surface area contributed by atoms with E-state index in [2.05, 4.69) is 15.9 Å². The molecule has 5 nitrogen and oxygen atoms in total. The van der Waals surface area contributed by atoms with Crippen molar-refractivity contribution >= 4 is 37.8 Å². The first-order chi connectivity index (χ1) is 9.84. The minimum atomic E-state index is -3.07. The number of hydrogen-bond acceptors (Lipinski definition) is 4. The lowest BCUT2D eigenvalue weighted by atomic mass is 10.2. The van der Waals surface area contributed by atoms with Gasteiger partial charge in [-0.15, -0.1) is 0 Å². The number of carbonyl (C=O) groups is 1. The van der Waals surface area contributed by atoms with Crippen molar-refractivity contribution in [1.82, 2.24) is 0 Å². The highest BCUT2D eigenvalue weighted by Crippen LogP contribution is 2.23. The second kappa shape index (κ2) is 8.19. The molecule has 0 amide bonds. The summed E-state index contributed by atoms with van der Waals surface area (Å²) < 4.78 is 29.2. The fraction of sp³-hybridized carbons (Fsp3) is 0.357. The minimum Gasteiger partial charge on any atom is -0.493 e. The number of halogens is 1. The standard InChI is InChI=1S/C14H17BrO5S/c1-2-8-21(18,19)9-7-20-12-4-5-13(15)11(10-12)3-6-14(16)17/h3-6,10H,2,7-9H2,1H3,(H,16,17)/b6-3+. The van der Waals surface area contributed by atoms with Gasteiger partial charge in [-0.05, 0) is 36.3 Å². The Balaban J connectivity index is 2.69. The molecule has 1 aromatic rings. The third kappa shape index (κ3) is 6.77. The molecule has 0 radical (unpaired) electrons. The van der Waals surface area contributed by atoms with E-state index in [0.29, 0.717) is 17.7 Å². The number of carboxylic acid groups (broad SMARTS) is 1. The van der Waals surface area contributed by atoms with Crippen molar-refractivity contribution in [2.24, 2.45) is 0 Å². The molecule has 1 aromatic carbocycles. The molecule has 0 aliphatic carbocycles. The Bertz CT molecular complexity index is 622. The van der Waals surface area contributed by atoms with E-state index in [0.717, 1.165) is 10.5 Å². The van der Waals surface area contributed by atoms with Gasteiger partial charge < -0.3 is 9.84 Å². The van der Waals surface area contributed by atoms with Crippen molar-refractivity contribution in [1.29, 1.82) is 0 Å². The van der Waals surface area contributed by atoms with Crippen LogP contribution in [0.5, 0.6) is 5.75 Å². The highest BCUT2D eigenvalue weighted by atomic mass is 79.9. The maximum Gasteiger partial charge on any atom is 0.328 e. The third-order valence-corrected chi connectivity index (χ3v) is 5.09. The molecule has 0 aliphatic rings. The molecule has 0 aromatic heterocycles. The zero-order valence-corrected chi connectivity index (χ0v) is 14.0. The van der Waals surface area contributed by atoms with Crippen LogP contribution in [0.25, 0.3) is 6.08 Å². The Labute approximate surface area is 132 Å². The van der Waals surface area contributed by atoms with Crippen LogP contribution in [0.3, 0.4) is 0 Å². The number of hydrogen-bond donors (Lipinski definition) is 1. The Kier molecular flexibility index (Phi) is 6.91. The van der Waals surface area contributed by atoms with E-state index in [1.807, 2.05) is 6.92 Å². The summed E-state index contributed by atoms with van der Waals surface area (Å²) in [6.45, 7) is 1.89. The molecule has 1 N–H and O–H groups in total. The molecule has 7 heteroatoms. The first-order valence-corrected chi connectivity index (χ1v) is 8.99. The highest BCUT2D eigenvalue weighted by molar-refractivity contribution is 9.10. The molecule has 116 valence electrons. The average molecular weight is 377 g/mol. The fourth-order valence-electron chi connectivity index (χ4n) is 1.60. The van der Waals surface area contributed by atoms with E-state index in [-0.39, 0.29) is 18.1 Å². The van der Waals surface area contributed by atoms with Gasteiger partial charge in [0.15, 0.2) is 9.84 Å². The lowest BCUT2D eigenvalue weighted by Gasteiger charge is -2.08. The number of carboxylic acids is 1. The van der Waals surface area contributed by atoms with Crippen molar-refractivity contribution in [2.45, 2.75) is 13.3 Å². The van der Waals surface area contributed by atoms with Crippen LogP contribution in [0.4, 0.5) is 0 Å². The molecular formula is C14H17BrO5S. The van der Waals surface area contributed by atoms with Crippen LogP contribution in [0.2, 0.25) is 0 Å². The zero-order chi connectivity index (χ0) is 15.9. The number of benzene rings is 1. The monoisotopic (exact) mass is 376 g/mol. The van der Waals surface area contributed by atoms with E-state index in [9.17, 15) is 13.2 Å². The van der Waals surface area contributed by atoms with Gasteiger partial charge in [0.1, 0.15) is 12.4 Å². The SMILES string of the molecule is CCCS(=O)(=O)CCOc1ccc(Br)c(/C=C/C(=O)O)c1. The maximum atomic E-state index is 11.6. The number of aliphatic carboxylic acids is 1. The van der Waals surface area contributed by atoms with Gasteiger partial charge in [0, 0.05) is 10.5 Å². The Morgan fingerprint density at radius 1 is 1.38 bits per heavy atom. The largest absolute Gasteiger partial charge is 0.493 e. The van der Waals surface area contributed by atoms with Crippen LogP contribution in [-0.2, 0) is 14.6 Å². The number of rotatable bonds is 8. The Hall–Kier alpha value is -1.34. The summed E-state index contributed by atoms with van der Waals surface area (Å²) in [5, 5.41) is 8.62. The van der Waals surface area contributed by atoms with Crippen molar-refractivity contribution in [3.05, 3.63) is 34.3 Å². The number of sulfone groups is 1. The minimum absolute atomic E-state index is 0.0306. The van der Waals surface area contributed by atoms with Gasteiger partial charge in [0.2, 0.25) is 0 Å². The van der Waals surface area contributed by atoms with E-state index in [1.165, 1.54) is 6.08 Å². The van der Waals surface area contributed by atoms with Crippen molar-refractivity contribution < 1.29 is 23.1 Å². The fourth-order valence-corrected chi connectivity index (χ4v) is 3.14. The quantitative estimate of drug-likeness (QED) is 0.705. The van der Waals surface area contributed by atoms with Crippen molar-refractivity contribution in [3.8, 4) is 5.75 Å². The second-order valence-electron chi connectivity index (χ2n) is 4.36. The van der Waals surface area contributed by atoms with E-state index in [1.54, 1.807) is 18.2 Å². The topological polar surface area (TPSA) is 80.7 Å². The lowest BCUT2D eigenvalue weighted by Crippen LogP contribution is -2.16. The van der Waals surface area contributed by atoms with Crippen molar-refractivity contribution in [2.75, 3.05) is 18.1 Å². The van der Waals surface area contributed by atoms with Gasteiger partial charge in [0.25, 0.3) is 0 Å². The van der Waals surface area contributed by atoms with Gasteiger partial charge in [-0.2, -0.15) is 0 Å². The van der Waals surface area contributed by atoms with Crippen LogP contribution in [-0.4, -0.2) is 37.6 Å². The van der Waals surface area contributed by atoms with Gasteiger partial charge in [0.05, 0.1) is 11.5 Å². The molecule has 21 heavy (non-hydrogen) atoms. The molecule has 0 saturated carbocycles. The molecular weight excluding hydrogens is 360 g/mol. The van der Waals surface area contributed by atoms with Crippen LogP contribution in [0.1, 0.15) is 18.9 Å². The van der Waals surface area contributed by atoms with Crippen LogP contribution >= 0.6 is 15.9 Å². The van der Waals surface area contributed by atoms with Gasteiger partial charge in [-0.25, -0.2) is 13.2 Å². The summed E-state index contributed by atoms with van der Waals surface area (Å²) in [5.41, 5.74) is 0.645. The van der Waals surface area contributed by atoms with Gasteiger partial charge >= 0.3 is 5.97 Å². The molecule has 0 saturated heterocycles. The predicted octanol–water partition coefficient (Wildman–Crippen LogP) is 2.75. The summed E-state index contributed by atoms with van der Waals surface area (Å²) in [6, 6.07) is 5.06. The first-order valence-electron chi connectivity index (χ1n) is 6.38. The smallest absolute Gasteiger partial charge is 0.328 e. The maximum absolute atomic E-state index is 11.6. The molecule has 0 heterocycles. The van der Waals surface area contributed by atoms with Crippen LogP contribution in [0.15, 0.2) is 28.7 Å². The lowest BCUT2D eigenvalue weighted by molar-refractivity contribution is -0.131. The second-order valence-corrected chi connectivity index (χ2v) is 7.51. The first kappa shape index (κ1) is 17.7. The van der Waals surface area contributed by atoms with Crippen molar-refractivity contribution in [3.63, 3.8) is 0 Å². The predicted molar refractivity (Wildman–Crippen MR) is 85.3 cm³/mol. The van der Waals surface area contributed by atoms with Gasteiger partial charge in [-0.1, -0.05) is 22.9 Å². The van der Waals surface area contributed by atoms with Crippen LogP contribution < -0.4 is 4.74 Å². The molecule has 1 rings (SSSR count). The third-order valence-electron chi connectivity index (χ3n) is 2.55. The molecule has 0 unspecified atom stereocenters. The summed E-state index contributed by atoms with van der Waals surface area (Å²) >= 11 is 3.31. The summed E-state index contributed by atoms with van der Waals surface area (Å²) in [7, 11) is -3.07. The van der Waals surface area contributed by atoms with E-state index < -0.39 is 15.8 Å². The zero-order valence-electron chi connectivity index (χ0n) is 11.6. The molecule has 0 bridgehead atoms. The summed E-state index contributed by atoms with van der Waals surface area (Å²) in [4.78, 5) is 10.5. The summed E-state index contributed by atoms with van der Waals surface area (Å²) in [5.74, 6) is -0.422. The molecule has 0 atom stereocenters. The molecule has 0 fully saturated rings. The normalized spacial score (nSPS) is 11.7. The van der Waals surface area contributed by atoms with Crippen LogP contribution in [0, 0.1) is 0 Å². The van der Waals surface area contributed by atoms with Gasteiger partial charge in [-0.3, -0.25) is 0 Å². The molecule has 0 aliphatic heterocycles. The van der Waals surface area contributed by atoms with E-state index in [4.69, 9.17) is 9.84 Å². The summed E-state index contributed by atoms with van der Waals surface area (Å²) in [6.07, 6.45) is 3.05. The number of ether oxygens (including phenoxy) is 1. The highest BCUT2D eigenvalue weighted by Gasteiger charge is 2.09. The average Bonchev–Trinajstić information content (AvgIpc) is 2.38.